The minimum Gasteiger partial charge on any atom is -0.255 e. The Labute approximate surface area is 313 Å². The molecular formula is C48H32N6. The van der Waals surface area contributed by atoms with Crippen LogP contribution in [0.1, 0.15) is 0 Å². The van der Waals surface area contributed by atoms with Gasteiger partial charge in [0, 0.05) is 34.6 Å². The van der Waals surface area contributed by atoms with E-state index in [0.29, 0.717) is 17.5 Å². The zero-order valence-electron chi connectivity index (χ0n) is 29.2. The monoisotopic (exact) mass is 692 g/mol. The number of rotatable bonds is 8. The molecule has 254 valence electrons. The molecule has 0 aliphatic carbocycles. The zero-order valence-corrected chi connectivity index (χ0v) is 29.2. The van der Waals surface area contributed by atoms with Crippen LogP contribution in [-0.4, -0.2) is 29.9 Å². The number of benzene rings is 5. The van der Waals surface area contributed by atoms with E-state index in [1.165, 1.54) is 0 Å². The van der Waals surface area contributed by atoms with Crippen LogP contribution in [0.25, 0.3) is 90.3 Å². The van der Waals surface area contributed by atoms with E-state index in [4.69, 9.17) is 24.9 Å². The Morgan fingerprint density at radius 2 is 0.722 bits per heavy atom. The van der Waals surface area contributed by atoms with Gasteiger partial charge in [-0.25, -0.2) is 19.9 Å². The topological polar surface area (TPSA) is 77.3 Å². The molecule has 0 fully saturated rings. The van der Waals surface area contributed by atoms with Crippen molar-refractivity contribution in [2.75, 3.05) is 0 Å². The van der Waals surface area contributed by atoms with Crippen molar-refractivity contribution in [1.82, 2.24) is 29.9 Å². The summed E-state index contributed by atoms with van der Waals surface area (Å²) in [5.41, 5.74) is 12.0. The SMILES string of the molecule is c1ccc(-c2cc(-c3ccccn3)nc(-c3ncccc3-c3ccccc3-c3ccccc3-c3nc(-c4ccccc4)nc(-c4ccccc4)n3)c2)cc1. The van der Waals surface area contributed by atoms with E-state index < -0.39 is 0 Å². The van der Waals surface area contributed by atoms with Gasteiger partial charge in [0.1, 0.15) is 0 Å². The maximum absolute atomic E-state index is 5.18. The molecular weight excluding hydrogens is 661 g/mol. The number of hydrogen-bond acceptors (Lipinski definition) is 6. The van der Waals surface area contributed by atoms with Gasteiger partial charge in [0.2, 0.25) is 0 Å². The average molecular weight is 693 g/mol. The summed E-state index contributed by atoms with van der Waals surface area (Å²) in [7, 11) is 0. The van der Waals surface area contributed by atoms with Gasteiger partial charge in [0.25, 0.3) is 0 Å². The van der Waals surface area contributed by atoms with Gasteiger partial charge in [-0.05, 0) is 58.1 Å². The van der Waals surface area contributed by atoms with E-state index in [-0.39, 0.29) is 0 Å². The molecule has 0 bridgehead atoms. The second kappa shape index (κ2) is 14.7. The molecule has 9 aromatic rings. The van der Waals surface area contributed by atoms with Crippen molar-refractivity contribution in [3.05, 3.63) is 194 Å². The van der Waals surface area contributed by atoms with Crippen molar-refractivity contribution in [3.8, 4) is 90.3 Å². The Balaban J connectivity index is 1.22. The first kappa shape index (κ1) is 32.5. The fourth-order valence-corrected chi connectivity index (χ4v) is 6.72. The molecule has 9 rings (SSSR count). The molecule has 0 radical (unpaired) electrons. The van der Waals surface area contributed by atoms with Crippen LogP contribution in [0.4, 0.5) is 0 Å². The van der Waals surface area contributed by atoms with Gasteiger partial charge in [-0.2, -0.15) is 0 Å². The molecule has 5 aromatic carbocycles. The van der Waals surface area contributed by atoms with Crippen molar-refractivity contribution >= 4 is 0 Å². The van der Waals surface area contributed by atoms with Crippen LogP contribution in [0.5, 0.6) is 0 Å². The average Bonchev–Trinajstić information content (AvgIpc) is 3.27. The highest BCUT2D eigenvalue weighted by atomic mass is 15.0. The van der Waals surface area contributed by atoms with Crippen LogP contribution in [0.15, 0.2) is 194 Å². The summed E-state index contributed by atoms with van der Waals surface area (Å²) in [6.07, 6.45) is 3.62. The predicted molar refractivity (Wildman–Crippen MR) is 217 cm³/mol. The van der Waals surface area contributed by atoms with Crippen molar-refractivity contribution in [3.63, 3.8) is 0 Å². The van der Waals surface area contributed by atoms with Gasteiger partial charge < -0.3 is 0 Å². The molecule has 0 amide bonds. The summed E-state index contributed by atoms with van der Waals surface area (Å²) in [6.45, 7) is 0. The smallest absolute Gasteiger partial charge is 0.164 e. The maximum Gasteiger partial charge on any atom is 0.164 e. The van der Waals surface area contributed by atoms with E-state index in [2.05, 4.69) is 77.8 Å². The van der Waals surface area contributed by atoms with Crippen molar-refractivity contribution in [2.24, 2.45) is 0 Å². The molecule has 6 nitrogen and oxygen atoms in total. The third kappa shape index (κ3) is 6.56. The summed E-state index contributed by atoms with van der Waals surface area (Å²) in [5, 5.41) is 0. The van der Waals surface area contributed by atoms with Crippen molar-refractivity contribution in [2.45, 2.75) is 0 Å². The Morgan fingerprint density at radius 3 is 1.33 bits per heavy atom. The fourth-order valence-electron chi connectivity index (χ4n) is 6.72. The molecule has 6 heteroatoms. The first-order chi connectivity index (χ1) is 26.8. The predicted octanol–water partition coefficient (Wildman–Crippen LogP) is 11.4. The number of pyridine rings is 3. The molecule has 0 atom stereocenters. The van der Waals surface area contributed by atoms with E-state index >= 15 is 0 Å². The van der Waals surface area contributed by atoms with Gasteiger partial charge in [-0.3, -0.25) is 9.97 Å². The minimum atomic E-state index is 0.594. The number of hydrogen-bond donors (Lipinski definition) is 0. The van der Waals surface area contributed by atoms with Crippen molar-refractivity contribution in [1.29, 1.82) is 0 Å². The Morgan fingerprint density at radius 1 is 0.259 bits per heavy atom. The highest BCUT2D eigenvalue weighted by Gasteiger charge is 2.20. The van der Waals surface area contributed by atoms with Gasteiger partial charge in [0.15, 0.2) is 17.5 Å². The Kier molecular flexibility index (Phi) is 8.81. The Hall–Kier alpha value is -7.44. The molecule has 4 heterocycles. The minimum absolute atomic E-state index is 0.594. The quantitative estimate of drug-likeness (QED) is 0.158. The van der Waals surface area contributed by atoms with Gasteiger partial charge >= 0.3 is 0 Å². The summed E-state index contributed by atoms with van der Waals surface area (Å²) < 4.78 is 0. The molecule has 0 N–H and O–H groups in total. The lowest BCUT2D eigenvalue weighted by Crippen LogP contribution is -2.01. The van der Waals surface area contributed by atoms with Gasteiger partial charge in [-0.15, -0.1) is 0 Å². The lowest BCUT2D eigenvalue weighted by atomic mass is 9.90. The van der Waals surface area contributed by atoms with Crippen LogP contribution in [-0.2, 0) is 0 Å². The van der Waals surface area contributed by atoms with E-state index in [9.17, 15) is 0 Å². The summed E-state index contributed by atoms with van der Waals surface area (Å²) >= 11 is 0. The summed E-state index contributed by atoms with van der Waals surface area (Å²) in [6, 6.07) is 61.4. The largest absolute Gasteiger partial charge is 0.255 e. The second-order valence-electron chi connectivity index (χ2n) is 12.7. The Bertz CT molecular complexity index is 2400. The zero-order chi connectivity index (χ0) is 36.1. The lowest BCUT2D eigenvalue weighted by molar-refractivity contribution is 1.07. The molecule has 0 aliphatic rings. The van der Waals surface area contributed by atoms with Crippen LogP contribution in [0.2, 0.25) is 0 Å². The first-order valence-electron chi connectivity index (χ1n) is 17.8. The fraction of sp³-hybridized carbons (Fsp3) is 0. The van der Waals surface area contributed by atoms with Crippen molar-refractivity contribution < 1.29 is 0 Å². The molecule has 0 saturated heterocycles. The summed E-state index contributed by atoms with van der Waals surface area (Å²) in [5.74, 6) is 1.83. The van der Waals surface area contributed by atoms with Crippen LogP contribution >= 0.6 is 0 Å². The lowest BCUT2D eigenvalue weighted by Gasteiger charge is -2.17. The second-order valence-corrected chi connectivity index (χ2v) is 12.7. The van der Waals surface area contributed by atoms with E-state index in [1.807, 2.05) is 115 Å². The third-order valence-electron chi connectivity index (χ3n) is 9.28. The highest BCUT2D eigenvalue weighted by molar-refractivity contribution is 5.94. The molecule has 0 spiro atoms. The van der Waals surface area contributed by atoms with Crippen LogP contribution in [0.3, 0.4) is 0 Å². The number of aromatic nitrogens is 6. The van der Waals surface area contributed by atoms with Gasteiger partial charge in [-0.1, -0.05) is 152 Å². The molecule has 54 heavy (non-hydrogen) atoms. The molecule has 0 unspecified atom stereocenters. The normalized spacial score (nSPS) is 11.0. The van der Waals surface area contributed by atoms with E-state index in [0.717, 1.165) is 72.8 Å². The van der Waals surface area contributed by atoms with Crippen LogP contribution < -0.4 is 0 Å². The third-order valence-corrected chi connectivity index (χ3v) is 9.28. The molecule has 4 aromatic heterocycles. The standard InChI is InChI=1S/C48H32N6/c1-4-17-33(18-5-1)36-31-43(42-28-14-15-29-49-42)51-44(32-36)45-40(27-16-30-50-45)38-24-11-10-23-37(38)39-25-12-13-26-41(39)48-53-46(34-19-6-2-7-20-34)52-47(54-48)35-21-8-3-9-22-35/h1-32H. The number of nitrogens with zero attached hydrogens (tertiary/aromatic N) is 6. The first-order valence-corrected chi connectivity index (χ1v) is 17.8. The van der Waals surface area contributed by atoms with E-state index in [1.54, 1.807) is 6.20 Å². The summed E-state index contributed by atoms with van der Waals surface area (Å²) in [4.78, 5) is 29.9. The maximum atomic E-state index is 5.18. The molecule has 0 saturated carbocycles. The molecule has 0 aliphatic heterocycles. The van der Waals surface area contributed by atoms with Gasteiger partial charge in [0.05, 0.1) is 22.8 Å². The highest BCUT2D eigenvalue weighted by Crippen LogP contribution is 2.41. The van der Waals surface area contributed by atoms with Crippen LogP contribution in [0, 0.1) is 0 Å².